The summed E-state index contributed by atoms with van der Waals surface area (Å²) in [5.74, 6) is 0. The molecule has 0 atom stereocenters. The van der Waals surface area contributed by atoms with Gasteiger partial charge in [0.05, 0.1) is 0 Å². The molecule has 0 rings (SSSR count). The summed E-state index contributed by atoms with van der Waals surface area (Å²) in [7, 11) is 3.94. The molecule has 0 spiro atoms. The van der Waals surface area contributed by atoms with Crippen LogP contribution in [0, 0.1) is 0 Å². The molecule has 0 radical (unpaired) electrons. The number of nitrogens with zero attached hydrogens (tertiary/aromatic N) is 1. The first-order valence-corrected chi connectivity index (χ1v) is 4.64. The van der Waals surface area contributed by atoms with Gasteiger partial charge in [-0.05, 0) is 12.3 Å². The Hall–Kier alpha value is -0.720. The molecular formula is C11H25N. The fourth-order valence-electron chi connectivity index (χ4n) is 0.233. The minimum Gasteiger partial charge on any atom is -0.383 e. The van der Waals surface area contributed by atoms with E-state index in [-0.39, 0.29) is 0 Å². The molecule has 0 saturated carbocycles. The second kappa shape index (κ2) is 22.4. The fourth-order valence-corrected chi connectivity index (χ4v) is 0.233. The van der Waals surface area contributed by atoms with Crippen molar-refractivity contribution in [3.05, 3.63) is 24.9 Å². The Balaban J connectivity index is -0.000000137. The van der Waals surface area contributed by atoms with Gasteiger partial charge in [-0.25, -0.2) is 0 Å². The van der Waals surface area contributed by atoms with Gasteiger partial charge in [-0.2, -0.15) is 0 Å². The molecule has 0 aromatic rings. The van der Waals surface area contributed by atoms with Crippen LogP contribution in [0.3, 0.4) is 0 Å². The third-order valence-electron chi connectivity index (χ3n) is 0.520. The van der Waals surface area contributed by atoms with Crippen molar-refractivity contribution in [2.75, 3.05) is 14.1 Å². The Kier molecular flexibility index (Phi) is 32.5. The second-order valence-corrected chi connectivity index (χ2v) is 2.25. The molecule has 0 N–H and O–H groups in total. The van der Waals surface area contributed by atoms with Crippen molar-refractivity contribution in [2.45, 2.75) is 34.1 Å². The van der Waals surface area contributed by atoms with E-state index >= 15 is 0 Å². The van der Waals surface area contributed by atoms with E-state index in [1.165, 1.54) is 6.42 Å². The van der Waals surface area contributed by atoms with Crippen molar-refractivity contribution in [3.63, 3.8) is 0 Å². The minimum atomic E-state index is 1.25. The van der Waals surface area contributed by atoms with Gasteiger partial charge < -0.3 is 4.90 Å². The highest BCUT2D eigenvalue weighted by Crippen LogP contribution is 1.75. The molecule has 1 heteroatoms. The van der Waals surface area contributed by atoms with Gasteiger partial charge in [0.25, 0.3) is 0 Å². The molecule has 74 valence electrons. The predicted molar refractivity (Wildman–Crippen MR) is 60.3 cm³/mol. The SMILES string of the molecule is C=C/C=C\N(C)C.CC.CCC. The van der Waals surface area contributed by atoms with Crippen LogP contribution in [0.4, 0.5) is 0 Å². The van der Waals surface area contributed by atoms with E-state index in [9.17, 15) is 0 Å². The fraction of sp³-hybridized carbons (Fsp3) is 0.636. The molecule has 0 heterocycles. The Morgan fingerprint density at radius 2 is 1.50 bits per heavy atom. The lowest BCUT2D eigenvalue weighted by atomic mass is 10.6. The molecule has 1 nitrogen and oxygen atoms in total. The summed E-state index contributed by atoms with van der Waals surface area (Å²) in [5.41, 5.74) is 0. The smallest absolute Gasteiger partial charge is 0.00556 e. The molecule has 0 aliphatic rings. The molecule has 0 amide bonds. The standard InChI is InChI=1S/C6H11N.C3H8.C2H6/c1-4-5-6-7(2)3;1-3-2;1-2/h4-6H,1H2,2-3H3;3H2,1-2H3;1-2H3/b6-5-;;. The van der Waals surface area contributed by atoms with E-state index in [0.29, 0.717) is 0 Å². The average Bonchev–Trinajstić information content (AvgIpc) is 2.06. The van der Waals surface area contributed by atoms with Crippen LogP contribution in [0.15, 0.2) is 24.9 Å². The largest absolute Gasteiger partial charge is 0.383 e. The van der Waals surface area contributed by atoms with Crippen LogP contribution in [0.25, 0.3) is 0 Å². The third-order valence-corrected chi connectivity index (χ3v) is 0.520. The molecule has 0 aliphatic carbocycles. The lowest BCUT2D eigenvalue weighted by molar-refractivity contribution is 0.564. The molecule has 0 bridgehead atoms. The van der Waals surface area contributed by atoms with E-state index < -0.39 is 0 Å². The summed E-state index contributed by atoms with van der Waals surface area (Å²) >= 11 is 0. The van der Waals surface area contributed by atoms with E-state index in [0.717, 1.165) is 0 Å². The lowest BCUT2D eigenvalue weighted by Gasteiger charge is -2.00. The molecule has 0 saturated heterocycles. The Morgan fingerprint density at radius 1 is 1.17 bits per heavy atom. The third kappa shape index (κ3) is 59.1. The van der Waals surface area contributed by atoms with Gasteiger partial charge in [0, 0.05) is 14.1 Å². The zero-order valence-electron chi connectivity index (χ0n) is 9.59. The maximum Gasteiger partial charge on any atom is 0.00556 e. The van der Waals surface area contributed by atoms with Crippen LogP contribution in [0.5, 0.6) is 0 Å². The van der Waals surface area contributed by atoms with Crippen molar-refractivity contribution in [1.82, 2.24) is 4.90 Å². The van der Waals surface area contributed by atoms with E-state index in [4.69, 9.17) is 0 Å². The monoisotopic (exact) mass is 171 g/mol. The zero-order chi connectivity index (χ0) is 10.4. The van der Waals surface area contributed by atoms with Crippen molar-refractivity contribution in [3.8, 4) is 0 Å². The Morgan fingerprint density at radius 3 is 1.58 bits per heavy atom. The Labute approximate surface area is 78.8 Å². The van der Waals surface area contributed by atoms with E-state index in [2.05, 4.69) is 20.4 Å². The highest BCUT2D eigenvalue weighted by atomic mass is 15.0. The van der Waals surface area contributed by atoms with Gasteiger partial charge >= 0.3 is 0 Å². The maximum atomic E-state index is 3.52. The van der Waals surface area contributed by atoms with Crippen molar-refractivity contribution < 1.29 is 0 Å². The highest BCUT2D eigenvalue weighted by Gasteiger charge is 1.67. The van der Waals surface area contributed by atoms with Gasteiger partial charge in [0.15, 0.2) is 0 Å². The van der Waals surface area contributed by atoms with Crippen LogP contribution in [0.2, 0.25) is 0 Å². The summed E-state index contributed by atoms with van der Waals surface area (Å²) in [6.07, 6.45) is 6.83. The van der Waals surface area contributed by atoms with Crippen LogP contribution < -0.4 is 0 Å². The lowest BCUT2D eigenvalue weighted by Crippen LogP contribution is -1.99. The first-order chi connectivity index (χ1) is 5.68. The first kappa shape index (κ1) is 17.4. The molecule has 0 aliphatic heterocycles. The van der Waals surface area contributed by atoms with Crippen LogP contribution in [0.1, 0.15) is 34.1 Å². The van der Waals surface area contributed by atoms with Crippen molar-refractivity contribution in [1.29, 1.82) is 0 Å². The zero-order valence-corrected chi connectivity index (χ0v) is 9.59. The van der Waals surface area contributed by atoms with Gasteiger partial charge in [-0.15, -0.1) is 0 Å². The summed E-state index contributed by atoms with van der Waals surface area (Å²) in [5, 5.41) is 0. The molecule has 12 heavy (non-hydrogen) atoms. The minimum absolute atomic E-state index is 1.25. The average molecular weight is 171 g/mol. The number of hydrogen-bond donors (Lipinski definition) is 0. The number of hydrogen-bond acceptors (Lipinski definition) is 1. The normalized spacial score (nSPS) is 7.50. The van der Waals surface area contributed by atoms with E-state index in [1.54, 1.807) is 6.08 Å². The molecule has 0 fully saturated rings. The molecule has 0 unspecified atom stereocenters. The number of allylic oxidation sites excluding steroid dienone is 2. The predicted octanol–water partition coefficient (Wildman–Crippen LogP) is 3.69. The molecule has 0 aromatic heterocycles. The molecule has 0 aromatic carbocycles. The topological polar surface area (TPSA) is 3.24 Å². The Bertz CT molecular complexity index is 83.0. The quantitative estimate of drug-likeness (QED) is 0.573. The van der Waals surface area contributed by atoms with Gasteiger partial charge in [-0.1, -0.05) is 46.8 Å². The maximum absolute atomic E-state index is 3.52. The van der Waals surface area contributed by atoms with Crippen LogP contribution >= 0.6 is 0 Å². The van der Waals surface area contributed by atoms with Crippen molar-refractivity contribution >= 4 is 0 Å². The summed E-state index contributed by atoms with van der Waals surface area (Å²) < 4.78 is 0. The summed E-state index contributed by atoms with van der Waals surface area (Å²) in [6, 6.07) is 0. The summed E-state index contributed by atoms with van der Waals surface area (Å²) in [4.78, 5) is 1.96. The first-order valence-electron chi connectivity index (χ1n) is 4.64. The van der Waals surface area contributed by atoms with Crippen LogP contribution in [-0.2, 0) is 0 Å². The van der Waals surface area contributed by atoms with Gasteiger partial charge in [0.2, 0.25) is 0 Å². The summed E-state index contributed by atoms with van der Waals surface area (Å²) in [6.45, 7) is 11.8. The van der Waals surface area contributed by atoms with Crippen molar-refractivity contribution in [2.24, 2.45) is 0 Å². The molecular weight excluding hydrogens is 146 g/mol. The number of rotatable bonds is 2. The van der Waals surface area contributed by atoms with Gasteiger partial charge in [0.1, 0.15) is 0 Å². The van der Waals surface area contributed by atoms with Crippen LogP contribution in [-0.4, -0.2) is 19.0 Å². The van der Waals surface area contributed by atoms with E-state index in [1.807, 2.05) is 45.1 Å². The highest BCUT2D eigenvalue weighted by molar-refractivity contribution is 4.95. The van der Waals surface area contributed by atoms with Gasteiger partial charge in [-0.3, -0.25) is 0 Å². The second-order valence-electron chi connectivity index (χ2n) is 2.25.